The van der Waals surface area contributed by atoms with E-state index in [1.807, 2.05) is 30.3 Å². The second-order valence-electron chi connectivity index (χ2n) is 7.14. The summed E-state index contributed by atoms with van der Waals surface area (Å²) in [6.45, 7) is 0.973. The normalized spacial score (nSPS) is 19.1. The molecular formula is C21H36ClNO2. The van der Waals surface area contributed by atoms with Gasteiger partial charge in [-0.05, 0) is 25.0 Å². The second-order valence-corrected chi connectivity index (χ2v) is 7.14. The van der Waals surface area contributed by atoms with Crippen LogP contribution in [0.25, 0.3) is 0 Å². The highest BCUT2D eigenvalue weighted by atomic mass is 35.5. The minimum Gasteiger partial charge on any atom is -0.491 e. The first-order valence-electron chi connectivity index (χ1n) is 9.94. The minimum absolute atomic E-state index is 0. The Hall–Kier alpha value is -0.770. The summed E-state index contributed by atoms with van der Waals surface area (Å²) in [4.78, 5) is 0. The molecule has 2 rings (SSSR count). The molecule has 1 aromatic carbocycles. The number of hydrogen-bond donors (Lipinski definition) is 2. The zero-order chi connectivity index (χ0) is 16.9. The Morgan fingerprint density at radius 3 is 1.96 bits per heavy atom. The summed E-state index contributed by atoms with van der Waals surface area (Å²) in [5.41, 5.74) is 0. The van der Waals surface area contributed by atoms with E-state index in [2.05, 4.69) is 5.32 Å². The topological polar surface area (TPSA) is 41.5 Å². The first-order chi connectivity index (χ1) is 11.8. The lowest BCUT2D eigenvalue weighted by molar-refractivity contribution is 0.102. The van der Waals surface area contributed by atoms with Crippen molar-refractivity contribution in [2.45, 2.75) is 82.8 Å². The van der Waals surface area contributed by atoms with Crippen molar-refractivity contribution in [2.75, 3.05) is 13.2 Å². The van der Waals surface area contributed by atoms with Gasteiger partial charge in [0.1, 0.15) is 18.5 Å². The summed E-state index contributed by atoms with van der Waals surface area (Å²) >= 11 is 0. The molecule has 1 atom stereocenters. The number of hydrogen-bond acceptors (Lipinski definition) is 3. The molecule has 0 amide bonds. The quantitative estimate of drug-likeness (QED) is 0.731. The maximum absolute atomic E-state index is 10.2. The van der Waals surface area contributed by atoms with Crippen molar-refractivity contribution in [2.24, 2.45) is 0 Å². The van der Waals surface area contributed by atoms with Gasteiger partial charge < -0.3 is 15.2 Å². The third-order valence-corrected chi connectivity index (χ3v) is 4.93. The Morgan fingerprint density at radius 2 is 1.40 bits per heavy atom. The summed E-state index contributed by atoms with van der Waals surface area (Å²) in [5.74, 6) is 0.822. The lowest BCUT2D eigenvalue weighted by Crippen LogP contribution is -2.38. The van der Waals surface area contributed by atoms with Crippen LogP contribution in [-0.4, -0.2) is 30.4 Å². The molecular weight excluding hydrogens is 334 g/mol. The van der Waals surface area contributed by atoms with Crippen LogP contribution in [0, 0.1) is 0 Å². The Morgan fingerprint density at radius 1 is 0.880 bits per heavy atom. The van der Waals surface area contributed by atoms with Gasteiger partial charge in [-0.3, -0.25) is 0 Å². The highest BCUT2D eigenvalue weighted by molar-refractivity contribution is 5.85. The van der Waals surface area contributed by atoms with Crippen LogP contribution >= 0.6 is 12.4 Å². The van der Waals surface area contributed by atoms with E-state index in [1.165, 1.54) is 70.6 Å². The number of halogens is 1. The molecule has 2 N–H and O–H groups in total. The van der Waals surface area contributed by atoms with Crippen LogP contribution in [0.15, 0.2) is 30.3 Å². The molecule has 1 saturated carbocycles. The third kappa shape index (κ3) is 10.7. The molecule has 144 valence electrons. The fourth-order valence-corrected chi connectivity index (χ4v) is 3.44. The van der Waals surface area contributed by atoms with E-state index in [0.29, 0.717) is 19.2 Å². The number of nitrogens with one attached hydrogen (secondary N) is 1. The molecule has 1 aliphatic carbocycles. The molecule has 1 unspecified atom stereocenters. The van der Waals surface area contributed by atoms with Crippen molar-refractivity contribution in [3.8, 4) is 5.75 Å². The van der Waals surface area contributed by atoms with E-state index in [-0.39, 0.29) is 12.4 Å². The van der Waals surface area contributed by atoms with E-state index in [4.69, 9.17) is 4.74 Å². The van der Waals surface area contributed by atoms with Crippen LogP contribution < -0.4 is 10.1 Å². The average molecular weight is 370 g/mol. The zero-order valence-corrected chi connectivity index (χ0v) is 16.3. The lowest BCUT2D eigenvalue weighted by Gasteiger charge is -2.21. The van der Waals surface area contributed by atoms with Crippen LogP contribution in [-0.2, 0) is 0 Å². The van der Waals surface area contributed by atoms with Crippen LogP contribution in [0.2, 0.25) is 0 Å². The van der Waals surface area contributed by atoms with E-state index in [1.54, 1.807) is 0 Å². The molecule has 1 aliphatic rings. The van der Waals surface area contributed by atoms with Gasteiger partial charge in [-0.2, -0.15) is 0 Å². The zero-order valence-electron chi connectivity index (χ0n) is 15.5. The lowest BCUT2D eigenvalue weighted by atomic mass is 9.98. The van der Waals surface area contributed by atoms with E-state index in [0.717, 1.165) is 5.75 Å². The van der Waals surface area contributed by atoms with Gasteiger partial charge in [-0.25, -0.2) is 0 Å². The fraction of sp³-hybridized carbons (Fsp3) is 0.714. The smallest absolute Gasteiger partial charge is 0.119 e. The van der Waals surface area contributed by atoms with Crippen molar-refractivity contribution in [1.82, 2.24) is 5.32 Å². The molecule has 0 heterocycles. The standard InChI is InChI=1S/C21H35NO2.ClH/c23-20(18-24-21-15-11-8-12-16-21)17-22-19-13-9-6-4-2-1-3-5-7-10-14-19;/h8,11-12,15-16,19-20,22-23H,1-7,9-10,13-14,17-18H2;1H. The van der Waals surface area contributed by atoms with Gasteiger partial charge >= 0.3 is 0 Å². The van der Waals surface area contributed by atoms with Crippen molar-refractivity contribution < 1.29 is 9.84 Å². The monoisotopic (exact) mass is 369 g/mol. The SMILES string of the molecule is Cl.OC(CNC1CCCCCCCCCCC1)COc1ccccc1. The Labute approximate surface area is 160 Å². The molecule has 0 aromatic heterocycles. The van der Waals surface area contributed by atoms with Gasteiger partial charge in [0, 0.05) is 12.6 Å². The third-order valence-electron chi connectivity index (χ3n) is 4.93. The average Bonchev–Trinajstić information content (AvgIpc) is 2.60. The van der Waals surface area contributed by atoms with Gasteiger partial charge in [-0.15, -0.1) is 12.4 Å². The van der Waals surface area contributed by atoms with Crippen LogP contribution in [0.3, 0.4) is 0 Å². The first-order valence-corrected chi connectivity index (χ1v) is 9.94. The summed E-state index contributed by atoms with van der Waals surface area (Å²) in [7, 11) is 0. The van der Waals surface area contributed by atoms with E-state index < -0.39 is 6.10 Å². The van der Waals surface area contributed by atoms with Gasteiger partial charge in [0.2, 0.25) is 0 Å². The predicted molar refractivity (Wildman–Crippen MR) is 108 cm³/mol. The molecule has 1 aromatic rings. The molecule has 25 heavy (non-hydrogen) atoms. The fourth-order valence-electron chi connectivity index (χ4n) is 3.44. The van der Waals surface area contributed by atoms with E-state index in [9.17, 15) is 5.11 Å². The summed E-state index contributed by atoms with van der Waals surface area (Å²) in [5, 5.41) is 13.7. The number of ether oxygens (including phenoxy) is 1. The first kappa shape index (κ1) is 22.3. The molecule has 0 aliphatic heterocycles. The summed E-state index contributed by atoms with van der Waals surface area (Å²) < 4.78 is 5.63. The Kier molecular flexibility index (Phi) is 12.8. The maximum Gasteiger partial charge on any atom is 0.119 e. The number of aliphatic hydroxyl groups excluding tert-OH is 1. The second kappa shape index (κ2) is 14.4. The molecule has 0 radical (unpaired) electrons. The highest BCUT2D eigenvalue weighted by Crippen LogP contribution is 2.17. The predicted octanol–water partition coefficient (Wildman–Crippen LogP) is 5.11. The van der Waals surface area contributed by atoms with Gasteiger partial charge in [0.25, 0.3) is 0 Å². The van der Waals surface area contributed by atoms with Crippen molar-refractivity contribution in [1.29, 1.82) is 0 Å². The molecule has 1 fully saturated rings. The minimum atomic E-state index is -0.452. The molecule has 0 bridgehead atoms. The van der Waals surface area contributed by atoms with Gasteiger partial charge in [0.05, 0.1) is 0 Å². The Balaban J connectivity index is 0.00000312. The van der Waals surface area contributed by atoms with Crippen LogP contribution in [0.4, 0.5) is 0 Å². The molecule has 3 nitrogen and oxygen atoms in total. The number of rotatable bonds is 6. The molecule has 0 spiro atoms. The summed E-state index contributed by atoms with van der Waals surface area (Å²) in [6.07, 6.45) is 14.4. The number of aliphatic hydroxyl groups is 1. The van der Waals surface area contributed by atoms with Gasteiger partial charge in [0.15, 0.2) is 0 Å². The summed E-state index contributed by atoms with van der Waals surface area (Å²) in [6, 6.07) is 10.3. The van der Waals surface area contributed by atoms with Crippen LogP contribution in [0.1, 0.15) is 70.6 Å². The van der Waals surface area contributed by atoms with Crippen molar-refractivity contribution >= 4 is 12.4 Å². The largest absolute Gasteiger partial charge is 0.491 e. The van der Waals surface area contributed by atoms with Crippen molar-refractivity contribution in [3.05, 3.63) is 30.3 Å². The van der Waals surface area contributed by atoms with Crippen molar-refractivity contribution in [3.63, 3.8) is 0 Å². The van der Waals surface area contributed by atoms with Crippen LogP contribution in [0.5, 0.6) is 5.75 Å². The number of benzene rings is 1. The van der Waals surface area contributed by atoms with E-state index >= 15 is 0 Å². The molecule has 0 saturated heterocycles. The number of para-hydroxylation sites is 1. The molecule has 4 heteroatoms. The Bertz CT molecular complexity index is 404. The maximum atomic E-state index is 10.2. The van der Waals surface area contributed by atoms with Gasteiger partial charge in [-0.1, -0.05) is 76.0 Å². The highest BCUT2D eigenvalue weighted by Gasteiger charge is 2.12.